The topological polar surface area (TPSA) is 29.1 Å². The van der Waals surface area contributed by atoms with Gasteiger partial charge in [-0.2, -0.15) is 0 Å². The summed E-state index contributed by atoms with van der Waals surface area (Å²) in [6, 6.07) is 0. The van der Waals surface area contributed by atoms with Gasteiger partial charge in [0.15, 0.2) is 0 Å². The fourth-order valence-electron chi connectivity index (χ4n) is 1.42. The molecule has 1 saturated carbocycles. The summed E-state index contributed by atoms with van der Waals surface area (Å²) in [5.74, 6) is 0.648. The number of fused-ring (bicyclic) bond motifs is 1. The van der Waals surface area contributed by atoms with E-state index in [1.54, 1.807) is 0 Å². The van der Waals surface area contributed by atoms with E-state index in [1.807, 2.05) is 0 Å². The molecule has 2 heteroatoms. The monoisotopic (exact) mass is 111 g/mol. The van der Waals surface area contributed by atoms with Gasteiger partial charge in [0.1, 0.15) is 0 Å². The molecule has 2 aliphatic rings. The molecule has 44 valence electrons. The minimum absolute atomic E-state index is 0.271. The second-order valence-corrected chi connectivity index (χ2v) is 3.13. The van der Waals surface area contributed by atoms with Crippen LogP contribution in [0.15, 0.2) is 0 Å². The van der Waals surface area contributed by atoms with Crippen molar-refractivity contribution >= 4 is 5.91 Å². The Bertz CT molecular complexity index is 155. The highest BCUT2D eigenvalue weighted by molar-refractivity contribution is 5.85. The van der Waals surface area contributed by atoms with E-state index in [9.17, 15) is 4.79 Å². The van der Waals surface area contributed by atoms with Crippen LogP contribution in [-0.4, -0.2) is 12.5 Å². The summed E-state index contributed by atoms with van der Waals surface area (Å²) >= 11 is 0. The van der Waals surface area contributed by atoms with E-state index >= 15 is 0 Å². The van der Waals surface area contributed by atoms with Gasteiger partial charge in [0.05, 0.1) is 0 Å². The zero-order valence-corrected chi connectivity index (χ0v) is 4.90. The van der Waals surface area contributed by atoms with Crippen LogP contribution in [0.1, 0.15) is 13.3 Å². The van der Waals surface area contributed by atoms with E-state index in [0.717, 1.165) is 13.0 Å². The first-order valence-corrected chi connectivity index (χ1v) is 3.00. The molecule has 1 amide bonds. The van der Waals surface area contributed by atoms with Crippen molar-refractivity contribution in [3.05, 3.63) is 0 Å². The van der Waals surface area contributed by atoms with E-state index in [1.165, 1.54) is 0 Å². The van der Waals surface area contributed by atoms with Crippen molar-refractivity contribution in [3.8, 4) is 0 Å². The molecule has 1 aliphatic heterocycles. The van der Waals surface area contributed by atoms with Crippen LogP contribution in [0, 0.1) is 11.3 Å². The largest absolute Gasteiger partial charge is 0.355 e. The highest BCUT2D eigenvalue weighted by Crippen LogP contribution is 2.54. The molecule has 2 nitrogen and oxygen atoms in total. The predicted octanol–water partition coefficient (Wildman–Crippen LogP) is 0.142. The van der Waals surface area contributed by atoms with Gasteiger partial charge in [-0.05, 0) is 11.8 Å². The smallest absolute Gasteiger partial charge is 0.223 e. The van der Waals surface area contributed by atoms with Crippen molar-refractivity contribution < 1.29 is 4.79 Å². The Morgan fingerprint density at radius 1 is 1.88 bits per heavy atom. The number of hydrogen-bond donors (Lipinski definition) is 1. The highest BCUT2D eigenvalue weighted by Gasteiger charge is 2.58. The Kier molecular flexibility index (Phi) is 0.504. The summed E-state index contributed by atoms with van der Waals surface area (Å²) in [6.45, 7) is 3.08. The molecule has 1 aliphatic carbocycles. The Balaban J connectivity index is 2.26. The van der Waals surface area contributed by atoms with Crippen LogP contribution >= 0.6 is 0 Å². The third-order valence-corrected chi connectivity index (χ3v) is 2.33. The SMILES string of the molecule is C[C@@]12CNC(=O)[C@@H]1C2. The number of amides is 1. The lowest BCUT2D eigenvalue weighted by Gasteiger charge is -1.97. The summed E-state index contributed by atoms with van der Waals surface area (Å²) in [6.07, 6.45) is 1.12. The summed E-state index contributed by atoms with van der Waals surface area (Å²) in [5, 5.41) is 2.82. The number of carbonyl (C=O) groups excluding carboxylic acids is 1. The summed E-state index contributed by atoms with van der Waals surface area (Å²) in [5.41, 5.74) is 0.372. The number of piperidine rings is 1. The van der Waals surface area contributed by atoms with Crippen molar-refractivity contribution in [1.29, 1.82) is 0 Å². The highest BCUT2D eigenvalue weighted by atomic mass is 16.2. The van der Waals surface area contributed by atoms with E-state index in [2.05, 4.69) is 12.2 Å². The third kappa shape index (κ3) is 0.320. The molecule has 0 bridgehead atoms. The third-order valence-electron chi connectivity index (χ3n) is 2.33. The quantitative estimate of drug-likeness (QED) is 0.473. The van der Waals surface area contributed by atoms with E-state index in [4.69, 9.17) is 0 Å². The van der Waals surface area contributed by atoms with E-state index in [0.29, 0.717) is 11.3 Å². The van der Waals surface area contributed by atoms with Gasteiger partial charge in [-0.25, -0.2) is 0 Å². The maximum atomic E-state index is 10.7. The molecule has 0 spiro atoms. The zero-order chi connectivity index (χ0) is 5.78. The van der Waals surface area contributed by atoms with Crippen LogP contribution in [-0.2, 0) is 4.79 Å². The van der Waals surface area contributed by atoms with Gasteiger partial charge < -0.3 is 5.32 Å². The van der Waals surface area contributed by atoms with Crippen molar-refractivity contribution in [2.45, 2.75) is 13.3 Å². The molecule has 0 radical (unpaired) electrons. The average molecular weight is 111 g/mol. The predicted molar refractivity (Wildman–Crippen MR) is 29.2 cm³/mol. The first-order valence-electron chi connectivity index (χ1n) is 3.00. The Labute approximate surface area is 48.3 Å². The maximum Gasteiger partial charge on any atom is 0.223 e. The molecule has 1 saturated heterocycles. The minimum Gasteiger partial charge on any atom is -0.355 e. The molecular weight excluding hydrogens is 102 g/mol. The van der Waals surface area contributed by atoms with Gasteiger partial charge in [0.25, 0.3) is 0 Å². The summed E-state index contributed by atoms with van der Waals surface area (Å²) in [7, 11) is 0. The van der Waals surface area contributed by atoms with Crippen LogP contribution < -0.4 is 5.32 Å². The molecule has 1 N–H and O–H groups in total. The van der Waals surface area contributed by atoms with Crippen molar-refractivity contribution in [1.82, 2.24) is 5.32 Å². The van der Waals surface area contributed by atoms with Crippen LogP contribution in [0.4, 0.5) is 0 Å². The lowest BCUT2D eigenvalue weighted by molar-refractivity contribution is -0.120. The second kappa shape index (κ2) is 0.925. The second-order valence-electron chi connectivity index (χ2n) is 3.13. The van der Waals surface area contributed by atoms with Crippen LogP contribution in [0.25, 0.3) is 0 Å². The molecule has 0 aromatic rings. The number of rotatable bonds is 0. The molecule has 2 fully saturated rings. The lowest BCUT2D eigenvalue weighted by Crippen LogP contribution is -2.19. The number of nitrogens with one attached hydrogen (secondary N) is 1. The first-order chi connectivity index (χ1) is 3.72. The number of hydrogen-bond acceptors (Lipinski definition) is 1. The molecule has 2 atom stereocenters. The van der Waals surface area contributed by atoms with Crippen molar-refractivity contribution in [2.75, 3.05) is 6.54 Å². The first kappa shape index (κ1) is 4.36. The number of carbonyl (C=O) groups is 1. The fourth-order valence-corrected chi connectivity index (χ4v) is 1.42. The van der Waals surface area contributed by atoms with Crippen LogP contribution in [0.5, 0.6) is 0 Å². The van der Waals surface area contributed by atoms with Gasteiger partial charge in [-0.15, -0.1) is 0 Å². The molecule has 2 rings (SSSR count). The molecule has 0 aromatic heterocycles. The molecule has 1 heterocycles. The normalized spacial score (nSPS) is 50.6. The van der Waals surface area contributed by atoms with Crippen LogP contribution in [0.3, 0.4) is 0 Å². The van der Waals surface area contributed by atoms with Crippen molar-refractivity contribution in [3.63, 3.8) is 0 Å². The fraction of sp³-hybridized carbons (Fsp3) is 0.833. The zero-order valence-electron chi connectivity index (χ0n) is 4.90. The van der Waals surface area contributed by atoms with Gasteiger partial charge in [0.2, 0.25) is 5.91 Å². The molecule has 8 heavy (non-hydrogen) atoms. The summed E-state index contributed by atoms with van der Waals surface area (Å²) < 4.78 is 0. The van der Waals surface area contributed by atoms with Gasteiger partial charge in [0, 0.05) is 12.5 Å². The standard InChI is InChI=1S/C6H9NO/c1-6-2-4(6)5(8)7-3-6/h4H,2-3H2,1H3,(H,7,8)/t4-,6+/m0/s1. The van der Waals surface area contributed by atoms with Gasteiger partial charge in [-0.3, -0.25) is 4.79 Å². The van der Waals surface area contributed by atoms with Gasteiger partial charge >= 0.3 is 0 Å². The maximum absolute atomic E-state index is 10.7. The molecule has 0 aromatic carbocycles. The lowest BCUT2D eigenvalue weighted by atomic mass is 10.1. The summed E-state index contributed by atoms with van der Waals surface area (Å²) in [4.78, 5) is 10.7. The van der Waals surface area contributed by atoms with Gasteiger partial charge in [-0.1, -0.05) is 6.92 Å². The Morgan fingerprint density at radius 2 is 2.62 bits per heavy atom. The molecular formula is C6H9NO. The minimum atomic E-state index is 0.271. The van der Waals surface area contributed by atoms with Crippen molar-refractivity contribution in [2.24, 2.45) is 11.3 Å². The Morgan fingerprint density at radius 3 is 2.75 bits per heavy atom. The van der Waals surface area contributed by atoms with Crippen LogP contribution in [0.2, 0.25) is 0 Å². The van der Waals surface area contributed by atoms with E-state index < -0.39 is 0 Å². The Hall–Kier alpha value is -0.530. The molecule has 0 unspecified atom stereocenters. The average Bonchev–Trinajstić information content (AvgIpc) is 2.32. The van der Waals surface area contributed by atoms with E-state index in [-0.39, 0.29) is 5.91 Å².